The van der Waals surface area contributed by atoms with E-state index in [1.165, 1.54) is 10.4 Å². The van der Waals surface area contributed by atoms with Crippen molar-refractivity contribution in [3.8, 4) is 5.75 Å². The van der Waals surface area contributed by atoms with Crippen molar-refractivity contribution in [2.45, 2.75) is 20.3 Å². The first-order chi connectivity index (χ1) is 8.16. The van der Waals surface area contributed by atoms with Crippen LogP contribution in [0.4, 0.5) is 0 Å². The van der Waals surface area contributed by atoms with Gasteiger partial charge in [0.2, 0.25) is 0 Å². The lowest BCUT2D eigenvalue weighted by molar-refractivity contribution is 0.322. The van der Waals surface area contributed by atoms with E-state index in [2.05, 4.69) is 27.8 Å². The van der Waals surface area contributed by atoms with E-state index in [1.54, 1.807) is 11.3 Å². The van der Waals surface area contributed by atoms with Crippen molar-refractivity contribution in [3.63, 3.8) is 0 Å². The minimum Gasteiger partial charge on any atom is -0.493 e. The fourth-order valence-corrected chi connectivity index (χ4v) is 2.54. The predicted octanol–water partition coefficient (Wildman–Crippen LogP) is 4.14. The lowest BCUT2D eigenvalue weighted by atomic mass is 10.2. The molecule has 1 heterocycles. The van der Waals surface area contributed by atoms with Crippen molar-refractivity contribution in [1.82, 2.24) is 4.98 Å². The molecule has 0 amide bonds. The molecule has 17 heavy (non-hydrogen) atoms. The molecule has 4 heteroatoms. The van der Waals surface area contributed by atoms with E-state index in [9.17, 15) is 0 Å². The summed E-state index contributed by atoms with van der Waals surface area (Å²) in [6, 6.07) is 6.04. The zero-order valence-corrected chi connectivity index (χ0v) is 12.3. The molecular weight excluding hydrogens is 298 g/mol. The molecule has 90 valence electrons. The van der Waals surface area contributed by atoms with Gasteiger partial charge in [0.25, 0.3) is 0 Å². The molecule has 2 aromatic rings. The Bertz CT molecular complexity index is 510. The van der Waals surface area contributed by atoms with Crippen LogP contribution < -0.4 is 4.74 Å². The Balaban J connectivity index is 1.90. The van der Waals surface area contributed by atoms with E-state index in [-0.39, 0.29) is 0 Å². The number of benzene rings is 1. The summed E-state index contributed by atoms with van der Waals surface area (Å²) < 4.78 is 6.84. The minimum absolute atomic E-state index is 0.699. The van der Waals surface area contributed by atoms with Gasteiger partial charge in [0.1, 0.15) is 5.75 Å². The first kappa shape index (κ1) is 12.6. The highest BCUT2D eigenvalue weighted by molar-refractivity contribution is 9.10. The topological polar surface area (TPSA) is 22.1 Å². The molecule has 0 radical (unpaired) electrons. The number of aryl methyl sites for hydroxylation is 2. The maximum absolute atomic E-state index is 5.73. The van der Waals surface area contributed by atoms with Crippen molar-refractivity contribution in [2.24, 2.45) is 0 Å². The van der Waals surface area contributed by atoms with Crippen LogP contribution in [-0.2, 0) is 6.42 Å². The molecule has 1 aromatic heterocycles. The third-order valence-corrected chi connectivity index (χ3v) is 4.46. The highest BCUT2D eigenvalue weighted by Gasteiger charge is 2.02. The third kappa shape index (κ3) is 3.30. The molecule has 0 unspecified atom stereocenters. The van der Waals surface area contributed by atoms with E-state index in [1.807, 2.05) is 30.6 Å². The normalized spacial score (nSPS) is 10.5. The monoisotopic (exact) mass is 311 g/mol. The molecule has 1 aromatic carbocycles. The summed E-state index contributed by atoms with van der Waals surface area (Å²) in [7, 11) is 0. The van der Waals surface area contributed by atoms with Gasteiger partial charge in [0, 0.05) is 15.8 Å². The fourth-order valence-electron chi connectivity index (χ4n) is 1.53. The Hall–Kier alpha value is -0.870. The van der Waals surface area contributed by atoms with Crippen LogP contribution in [0.3, 0.4) is 0 Å². The predicted molar refractivity (Wildman–Crippen MR) is 74.9 cm³/mol. The summed E-state index contributed by atoms with van der Waals surface area (Å²) in [6.45, 7) is 4.80. The summed E-state index contributed by atoms with van der Waals surface area (Å²) in [5.74, 6) is 0.924. The van der Waals surface area contributed by atoms with Gasteiger partial charge in [0.05, 0.1) is 17.8 Å². The quantitative estimate of drug-likeness (QED) is 0.846. The van der Waals surface area contributed by atoms with Gasteiger partial charge in [-0.1, -0.05) is 15.9 Å². The van der Waals surface area contributed by atoms with Gasteiger partial charge in [-0.25, -0.2) is 4.98 Å². The lowest BCUT2D eigenvalue weighted by Gasteiger charge is -2.07. The lowest BCUT2D eigenvalue weighted by Crippen LogP contribution is -2.01. The van der Waals surface area contributed by atoms with Gasteiger partial charge < -0.3 is 4.74 Å². The van der Waals surface area contributed by atoms with Gasteiger partial charge in [0.15, 0.2) is 0 Å². The molecule has 0 fully saturated rings. The number of hydrogen-bond donors (Lipinski definition) is 0. The Labute approximate surface area is 114 Å². The van der Waals surface area contributed by atoms with Crippen LogP contribution in [-0.4, -0.2) is 11.6 Å². The van der Waals surface area contributed by atoms with Gasteiger partial charge in [-0.2, -0.15) is 0 Å². The first-order valence-corrected chi connectivity index (χ1v) is 7.12. The van der Waals surface area contributed by atoms with Gasteiger partial charge in [-0.05, 0) is 37.6 Å². The molecule has 0 N–H and O–H groups in total. The number of halogens is 1. The zero-order valence-electron chi connectivity index (χ0n) is 9.87. The Morgan fingerprint density at radius 1 is 1.35 bits per heavy atom. The summed E-state index contributed by atoms with van der Waals surface area (Å²) in [5, 5.41) is 0. The number of ether oxygens (including phenoxy) is 1. The van der Waals surface area contributed by atoms with Crippen LogP contribution in [0.15, 0.2) is 28.2 Å². The Kier molecular flexibility index (Phi) is 4.18. The molecule has 0 saturated heterocycles. The van der Waals surface area contributed by atoms with Crippen LogP contribution in [0.25, 0.3) is 0 Å². The van der Waals surface area contributed by atoms with Crippen LogP contribution in [0.5, 0.6) is 5.75 Å². The van der Waals surface area contributed by atoms with Gasteiger partial charge in [-0.15, -0.1) is 11.3 Å². The molecule has 0 atom stereocenters. The summed E-state index contributed by atoms with van der Waals surface area (Å²) in [6.07, 6.45) is 0.922. The maximum Gasteiger partial charge on any atom is 0.119 e. The molecule has 0 spiro atoms. The van der Waals surface area contributed by atoms with Crippen molar-refractivity contribution >= 4 is 27.3 Å². The standard InChI is InChI=1S/C13H14BrNOS/c1-9-7-11(3-4-12(9)14)16-6-5-13-10(2)15-8-17-13/h3-4,7-8H,5-6H2,1-2H3. The smallest absolute Gasteiger partial charge is 0.119 e. The third-order valence-electron chi connectivity index (χ3n) is 2.57. The minimum atomic E-state index is 0.699. The highest BCUT2D eigenvalue weighted by Crippen LogP contribution is 2.22. The average molecular weight is 312 g/mol. The number of rotatable bonds is 4. The molecule has 0 aliphatic heterocycles. The SMILES string of the molecule is Cc1cc(OCCc2scnc2C)ccc1Br. The summed E-state index contributed by atoms with van der Waals surface area (Å²) in [5.41, 5.74) is 4.19. The average Bonchev–Trinajstić information content (AvgIpc) is 2.70. The Morgan fingerprint density at radius 3 is 2.82 bits per heavy atom. The Morgan fingerprint density at radius 2 is 2.18 bits per heavy atom. The van der Waals surface area contributed by atoms with E-state index in [0.29, 0.717) is 6.61 Å². The summed E-state index contributed by atoms with van der Waals surface area (Å²) >= 11 is 5.17. The van der Waals surface area contributed by atoms with E-state index >= 15 is 0 Å². The zero-order chi connectivity index (χ0) is 12.3. The molecule has 0 aliphatic rings. The molecule has 0 aliphatic carbocycles. The maximum atomic E-state index is 5.73. The van der Waals surface area contributed by atoms with Crippen LogP contribution in [0.2, 0.25) is 0 Å². The van der Waals surface area contributed by atoms with Crippen molar-refractivity contribution in [1.29, 1.82) is 0 Å². The molecule has 0 saturated carbocycles. The number of nitrogens with zero attached hydrogens (tertiary/aromatic N) is 1. The number of hydrogen-bond acceptors (Lipinski definition) is 3. The summed E-state index contributed by atoms with van der Waals surface area (Å²) in [4.78, 5) is 5.53. The van der Waals surface area contributed by atoms with Gasteiger partial charge in [-0.3, -0.25) is 0 Å². The second-order valence-corrected chi connectivity index (χ2v) is 5.66. The van der Waals surface area contributed by atoms with Crippen molar-refractivity contribution < 1.29 is 4.74 Å². The van der Waals surface area contributed by atoms with Crippen LogP contribution >= 0.6 is 27.3 Å². The van der Waals surface area contributed by atoms with Crippen molar-refractivity contribution in [3.05, 3.63) is 44.3 Å². The van der Waals surface area contributed by atoms with Gasteiger partial charge >= 0.3 is 0 Å². The van der Waals surface area contributed by atoms with Crippen molar-refractivity contribution in [2.75, 3.05) is 6.61 Å². The van der Waals surface area contributed by atoms with E-state index < -0.39 is 0 Å². The number of thiazole rings is 1. The van der Waals surface area contributed by atoms with Crippen LogP contribution in [0.1, 0.15) is 16.1 Å². The fraction of sp³-hybridized carbons (Fsp3) is 0.308. The van der Waals surface area contributed by atoms with E-state index in [4.69, 9.17) is 4.74 Å². The second kappa shape index (κ2) is 5.65. The molecule has 0 bridgehead atoms. The second-order valence-electron chi connectivity index (χ2n) is 3.87. The van der Waals surface area contributed by atoms with E-state index in [0.717, 1.165) is 22.3 Å². The first-order valence-electron chi connectivity index (χ1n) is 5.45. The molecular formula is C13H14BrNOS. The van der Waals surface area contributed by atoms with Crippen LogP contribution in [0, 0.1) is 13.8 Å². The number of aromatic nitrogens is 1. The highest BCUT2D eigenvalue weighted by atomic mass is 79.9. The molecule has 2 nitrogen and oxygen atoms in total. The largest absolute Gasteiger partial charge is 0.493 e. The molecule has 2 rings (SSSR count).